The highest BCUT2D eigenvalue weighted by Gasteiger charge is 2.32. The number of esters is 1. The van der Waals surface area contributed by atoms with Gasteiger partial charge in [-0.05, 0) is 37.1 Å². The van der Waals surface area contributed by atoms with Crippen molar-refractivity contribution in [3.8, 4) is 0 Å². The van der Waals surface area contributed by atoms with Crippen LogP contribution in [0.1, 0.15) is 34.2 Å². The van der Waals surface area contributed by atoms with E-state index in [1.807, 2.05) is 24.3 Å². The lowest BCUT2D eigenvalue weighted by Crippen LogP contribution is -2.34. The molecule has 138 valence electrons. The Kier molecular flexibility index (Phi) is 4.77. The summed E-state index contributed by atoms with van der Waals surface area (Å²) >= 11 is 1.63. The Hall–Kier alpha value is -2.93. The van der Waals surface area contributed by atoms with E-state index in [-0.39, 0.29) is 12.1 Å². The molecule has 1 atom stereocenters. The highest BCUT2D eigenvalue weighted by molar-refractivity contribution is 7.18. The second-order valence-electron chi connectivity index (χ2n) is 6.34. The lowest BCUT2D eigenvalue weighted by atomic mass is 10.2. The van der Waals surface area contributed by atoms with E-state index in [9.17, 15) is 9.59 Å². The lowest BCUT2D eigenvalue weighted by Gasteiger charge is -2.24. The topological polar surface area (TPSA) is 71.5 Å². The second kappa shape index (κ2) is 7.36. The number of para-hydroxylation sites is 2. The minimum Gasteiger partial charge on any atom is -0.465 e. The average molecular weight is 381 g/mol. The number of benzene rings is 2. The summed E-state index contributed by atoms with van der Waals surface area (Å²) in [6.45, 7) is 0.660. The van der Waals surface area contributed by atoms with Crippen LogP contribution < -0.4 is 5.32 Å². The number of aromatic nitrogens is 1. The zero-order chi connectivity index (χ0) is 18.8. The molecule has 0 bridgehead atoms. The third-order valence-corrected chi connectivity index (χ3v) is 5.82. The quantitative estimate of drug-likeness (QED) is 0.680. The number of nitrogens with one attached hydrogen (secondary N) is 1. The van der Waals surface area contributed by atoms with Crippen LogP contribution in [-0.4, -0.2) is 35.5 Å². The molecular formula is C20H19N3O3S. The van der Waals surface area contributed by atoms with Gasteiger partial charge in [-0.25, -0.2) is 14.6 Å². The van der Waals surface area contributed by atoms with Gasteiger partial charge in [0, 0.05) is 6.54 Å². The summed E-state index contributed by atoms with van der Waals surface area (Å²) in [6.07, 6.45) is 1.80. The van der Waals surface area contributed by atoms with Crippen LogP contribution in [0, 0.1) is 0 Å². The number of likely N-dealkylation sites (tertiary alicyclic amines) is 1. The van der Waals surface area contributed by atoms with E-state index in [0.717, 1.165) is 28.1 Å². The van der Waals surface area contributed by atoms with Gasteiger partial charge >= 0.3 is 12.0 Å². The van der Waals surface area contributed by atoms with Gasteiger partial charge in [-0.3, -0.25) is 0 Å². The van der Waals surface area contributed by atoms with Crippen LogP contribution in [0.4, 0.5) is 10.5 Å². The summed E-state index contributed by atoms with van der Waals surface area (Å²) < 4.78 is 5.92. The first-order chi connectivity index (χ1) is 13.2. The minimum absolute atomic E-state index is 0.0484. The van der Waals surface area contributed by atoms with Crippen molar-refractivity contribution < 1.29 is 14.3 Å². The molecule has 2 aromatic carbocycles. The van der Waals surface area contributed by atoms with Crippen LogP contribution in [0.3, 0.4) is 0 Å². The fourth-order valence-corrected chi connectivity index (χ4v) is 4.48. The Bertz CT molecular complexity index is 968. The number of carbonyl (C=O) groups is 2. The predicted molar refractivity (Wildman–Crippen MR) is 105 cm³/mol. The Morgan fingerprint density at radius 2 is 1.96 bits per heavy atom. The van der Waals surface area contributed by atoms with Gasteiger partial charge in [0.2, 0.25) is 0 Å². The van der Waals surface area contributed by atoms with Crippen molar-refractivity contribution in [2.45, 2.75) is 18.9 Å². The zero-order valence-corrected chi connectivity index (χ0v) is 15.7. The third-order valence-electron chi connectivity index (χ3n) is 4.68. The van der Waals surface area contributed by atoms with E-state index in [1.54, 1.807) is 40.5 Å². The van der Waals surface area contributed by atoms with Gasteiger partial charge in [0.15, 0.2) is 0 Å². The highest BCUT2D eigenvalue weighted by Crippen LogP contribution is 2.36. The van der Waals surface area contributed by atoms with Gasteiger partial charge in [-0.15, -0.1) is 11.3 Å². The predicted octanol–water partition coefficient (Wildman–Crippen LogP) is 4.45. The number of nitrogens with zero attached hydrogens (tertiary/aromatic N) is 2. The molecule has 1 aromatic heterocycles. The van der Waals surface area contributed by atoms with Crippen LogP contribution in [0.2, 0.25) is 0 Å². The molecule has 2 amide bonds. The summed E-state index contributed by atoms with van der Waals surface area (Å²) in [7, 11) is 1.32. The van der Waals surface area contributed by atoms with Crippen molar-refractivity contribution in [1.82, 2.24) is 9.88 Å². The number of methoxy groups -OCH3 is 1. The molecule has 0 unspecified atom stereocenters. The van der Waals surface area contributed by atoms with Crippen molar-refractivity contribution in [2.75, 3.05) is 19.0 Å². The summed E-state index contributed by atoms with van der Waals surface area (Å²) in [6, 6.07) is 14.6. The molecule has 1 N–H and O–H groups in total. The summed E-state index contributed by atoms with van der Waals surface area (Å²) in [4.78, 5) is 31.4. The molecule has 0 saturated carbocycles. The van der Waals surface area contributed by atoms with E-state index >= 15 is 0 Å². The molecule has 2 heterocycles. The molecule has 7 heteroatoms. The van der Waals surface area contributed by atoms with Crippen molar-refractivity contribution >= 4 is 39.2 Å². The van der Waals surface area contributed by atoms with E-state index in [1.165, 1.54) is 7.11 Å². The van der Waals surface area contributed by atoms with Gasteiger partial charge in [0.05, 0.1) is 34.6 Å². The van der Waals surface area contributed by atoms with Gasteiger partial charge in [0.1, 0.15) is 5.01 Å². The zero-order valence-electron chi connectivity index (χ0n) is 14.8. The van der Waals surface area contributed by atoms with E-state index in [0.29, 0.717) is 17.8 Å². The standard InChI is InChI=1S/C20H19N3O3S/c1-26-19(24)13-7-2-3-8-14(13)22-20(25)23-12-6-10-16(23)18-21-15-9-4-5-11-17(15)27-18/h2-5,7-9,11,16H,6,10,12H2,1H3,(H,22,25)/t16-/m1/s1. The summed E-state index contributed by atoms with van der Waals surface area (Å²) in [5.41, 5.74) is 1.74. The largest absolute Gasteiger partial charge is 0.465 e. The van der Waals surface area contributed by atoms with Crippen LogP contribution >= 0.6 is 11.3 Å². The number of anilines is 1. The SMILES string of the molecule is COC(=O)c1ccccc1NC(=O)N1CCC[C@@H]1c1nc2ccccc2s1. The number of hydrogen-bond acceptors (Lipinski definition) is 5. The van der Waals surface area contributed by atoms with Gasteiger partial charge in [-0.2, -0.15) is 0 Å². The summed E-state index contributed by atoms with van der Waals surface area (Å²) in [5.74, 6) is -0.477. The number of carbonyl (C=O) groups excluding carboxylic acids is 2. The molecule has 1 aliphatic rings. The van der Waals surface area contributed by atoms with Gasteiger partial charge in [0.25, 0.3) is 0 Å². The molecule has 0 aliphatic carbocycles. The van der Waals surface area contributed by atoms with Crippen molar-refractivity contribution in [1.29, 1.82) is 0 Å². The number of rotatable bonds is 3. The Morgan fingerprint density at radius 3 is 2.78 bits per heavy atom. The molecule has 0 spiro atoms. The molecular weight excluding hydrogens is 362 g/mol. The fraction of sp³-hybridized carbons (Fsp3) is 0.250. The Balaban J connectivity index is 1.57. The smallest absolute Gasteiger partial charge is 0.339 e. The third kappa shape index (κ3) is 3.38. The minimum atomic E-state index is -0.477. The maximum absolute atomic E-state index is 12.9. The first-order valence-corrected chi connectivity index (χ1v) is 9.59. The van der Waals surface area contributed by atoms with E-state index in [4.69, 9.17) is 9.72 Å². The van der Waals surface area contributed by atoms with Crippen LogP contribution in [-0.2, 0) is 4.74 Å². The number of urea groups is 1. The van der Waals surface area contributed by atoms with Crippen LogP contribution in [0.15, 0.2) is 48.5 Å². The number of amides is 2. The lowest BCUT2D eigenvalue weighted by molar-refractivity contribution is 0.0602. The number of hydrogen-bond donors (Lipinski definition) is 1. The van der Waals surface area contributed by atoms with Crippen molar-refractivity contribution in [3.63, 3.8) is 0 Å². The number of fused-ring (bicyclic) bond motifs is 1. The second-order valence-corrected chi connectivity index (χ2v) is 7.40. The molecule has 1 fully saturated rings. The maximum atomic E-state index is 12.9. The normalized spacial score (nSPS) is 16.5. The molecule has 6 nitrogen and oxygen atoms in total. The van der Waals surface area contributed by atoms with Crippen molar-refractivity contribution in [3.05, 3.63) is 59.1 Å². The van der Waals surface area contributed by atoms with Crippen LogP contribution in [0.25, 0.3) is 10.2 Å². The number of ether oxygens (including phenoxy) is 1. The average Bonchev–Trinajstić information content (AvgIpc) is 3.34. The highest BCUT2D eigenvalue weighted by atomic mass is 32.1. The molecule has 0 radical (unpaired) electrons. The molecule has 4 rings (SSSR count). The molecule has 1 aliphatic heterocycles. The summed E-state index contributed by atoms with van der Waals surface area (Å²) in [5, 5.41) is 3.81. The fourth-order valence-electron chi connectivity index (χ4n) is 3.37. The van der Waals surface area contributed by atoms with E-state index < -0.39 is 5.97 Å². The van der Waals surface area contributed by atoms with Gasteiger partial charge < -0.3 is 15.0 Å². The van der Waals surface area contributed by atoms with Crippen LogP contribution in [0.5, 0.6) is 0 Å². The van der Waals surface area contributed by atoms with E-state index in [2.05, 4.69) is 5.32 Å². The maximum Gasteiger partial charge on any atom is 0.339 e. The first-order valence-electron chi connectivity index (χ1n) is 8.78. The Morgan fingerprint density at radius 1 is 1.19 bits per heavy atom. The van der Waals surface area contributed by atoms with Gasteiger partial charge in [-0.1, -0.05) is 24.3 Å². The Labute approximate surface area is 160 Å². The number of thiazole rings is 1. The molecule has 3 aromatic rings. The molecule has 27 heavy (non-hydrogen) atoms. The van der Waals surface area contributed by atoms with Crippen molar-refractivity contribution in [2.24, 2.45) is 0 Å². The first kappa shape index (κ1) is 17.5. The molecule has 1 saturated heterocycles. The monoisotopic (exact) mass is 381 g/mol.